The van der Waals surface area contributed by atoms with Crippen molar-refractivity contribution in [3.8, 4) is 0 Å². The Kier molecular flexibility index (Phi) is 5.48. The van der Waals surface area contributed by atoms with Gasteiger partial charge in [-0.05, 0) is 19.3 Å². The number of ether oxygens (including phenoxy) is 1. The van der Waals surface area contributed by atoms with Crippen LogP contribution in [0.15, 0.2) is 17.4 Å². The molecule has 0 aliphatic heterocycles. The summed E-state index contributed by atoms with van der Waals surface area (Å²) in [6.45, 7) is 2.13. The van der Waals surface area contributed by atoms with Gasteiger partial charge in [-0.15, -0.1) is 0 Å². The Labute approximate surface area is 105 Å². The third-order valence-corrected chi connectivity index (χ3v) is 2.46. The summed E-state index contributed by atoms with van der Waals surface area (Å²) < 4.78 is 4.79. The van der Waals surface area contributed by atoms with E-state index >= 15 is 0 Å². The van der Waals surface area contributed by atoms with E-state index in [-0.39, 0.29) is 5.97 Å². The molecule has 6 heteroatoms. The van der Waals surface area contributed by atoms with Crippen molar-refractivity contribution >= 4 is 29.6 Å². The molecule has 1 heterocycles. The standard InChI is InChI=1S/C11H15N3O2S/c1-4-16-9(15)6-5-8-7-13-11(17-3)14-10(8)12-2/h5-7H,4H2,1-3H3,(H,12,13,14)/b6-5+. The summed E-state index contributed by atoms with van der Waals surface area (Å²) in [5.74, 6) is 0.313. The van der Waals surface area contributed by atoms with Gasteiger partial charge in [-0.2, -0.15) is 0 Å². The smallest absolute Gasteiger partial charge is 0.330 e. The largest absolute Gasteiger partial charge is 0.463 e. The Morgan fingerprint density at radius 1 is 1.65 bits per heavy atom. The fourth-order valence-electron chi connectivity index (χ4n) is 1.14. The Morgan fingerprint density at radius 2 is 2.41 bits per heavy atom. The maximum Gasteiger partial charge on any atom is 0.330 e. The molecule has 0 fully saturated rings. The fourth-order valence-corrected chi connectivity index (χ4v) is 1.48. The highest BCUT2D eigenvalue weighted by Gasteiger charge is 2.03. The number of esters is 1. The lowest BCUT2D eigenvalue weighted by atomic mass is 10.3. The summed E-state index contributed by atoms with van der Waals surface area (Å²) in [5.41, 5.74) is 0.748. The molecule has 0 bridgehead atoms. The number of hydrogen-bond acceptors (Lipinski definition) is 6. The van der Waals surface area contributed by atoms with Crippen LogP contribution in [0.2, 0.25) is 0 Å². The second kappa shape index (κ2) is 6.90. The molecule has 0 aliphatic carbocycles. The van der Waals surface area contributed by atoms with Crippen LogP contribution >= 0.6 is 11.8 Å². The number of hydrogen-bond donors (Lipinski definition) is 1. The maximum atomic E-state index is 11.2. The van der Waals surface area contributed by atoms with Gasteiger partial charge in [0.05, 0.1) is 6.61 Å². The van der Waals surface area contributed by atoms with E-state index in [0.29, 0.717) is 17.6 Å². The van der Waals surface area contributed by atoms with Gasteiger partial charge < -0.3 is 10.1 Å². The summed E-state index contributed by atoms with van der Waals surface area (Å²) in [4.78, 5) is 19.6. The predicted octanol–water partition coefficient (Wildman–Crippen LogP) is 1.82. The van der Waals surface area contributed by atoms with E-state index in [1.807, 2.05) is 6.26 Å². The van der Waals surface area contributed by atoms with E-state index in [9.17, 15) is 4.79 Å². The van der Waals surface area contributed by atoms with Gasteiger partial charge >= 0.3 is 5.97 Å². The van der Waals surface area contributed by atoms with E-state index < -0.39 is 0 Å². The Hall–Kier alpha value is -1.56. The molecule has 0 saturated carbocycles. The molecular weight excluding hydrogens is 238 g/mol. The van der Waals surface area contributed by atoms with E-state index in [1.165, 1.54) is 17.8 Å². The minimum Gasteiger partial charge on any atom is -0.463 e. The number of aromatic nitrogens is 2. The van der Waals surface area contributed by atoms with Gasteiger partial charge in [0.25, 0.3) is 0 Å². The van der Waals surface area contributed by atoms with Gasteiger partial charge in [0.15, 0.2) is 5.16 Å². The first-order valence-electron chi connectivity index (χ1n) is 5.14. The van der Waals surface area contributed by atoms with Gasteiger partial charge in [0.1, 0.15) is 5.82 Å². The van der Waals surface area contributed by atoms with Crippen LogP contribution in [0.25, 0.3) is 6.08 Å². The van der Waals surface area contributed by atoms with E-state index in [1.54, 1.807) is 26.2 Å². The van der Waals surface area contributed by atoms with Gasteiger partial charge in [0, 0.05) is 24.9 Å². The Morgan fingerprint density at radius 3 is 3.00 bits per heavy atom. The van der Waals surface area contributed by atoms with Crippen LogP contribution in [0, 0.1) is 0 Å². The van der Waals surface area contributed by atoms with Crippen molar-refractivity contribution in [2.45, 2.75) is 12.1 Å². The van der Waals surface area contributed by atoms with E-state index in [2.05, 4.69) is 15.3 Å². The SMILES string of the molecule is CCOC(=O)/C=C/c1cnc(SC)nc1NC. The zero-order valence-corrected chi connectivity index (χ0v) is 10.9. The predicted molar refractivity (Wildman–Crippen MR) is 69.0 cm³/mol. The Balaban J connectivity index is 2.87. The molecular formula is C11H15N3O2S. The number of nitrogens with one attached hydrogen (secondary N) is 1. The topological polar surface area (TPSA) is 64.1 Å². The fraction of sp³-hybridized carbons (Fsp3) is 0.364. The van der Waals surface area contributed by atoms with Crippen LogP contribution in [0.3, 0.4) is 0 Å². The molecule has 0 saturated heterocycles. The first-order chi connectivity index (χ1) is 8.21. The van der Waals surface area contributed by atoms with Crippen molar-refractivity contribution < 1.29 is 9.53 Å². The average molecular weight is 253 g/mol. The lowest BCUT2D eigenvalue weighted by Gasteiger charge is -2.04. The maximum absolute atomic E-state index is 11.2. The number of anilines is 1. The molecule has 0 radical (unpaired) electrons. The first-order valence-corrected chi connectivity index (χ1v) is 6.37. The van der Waals surface area contributed by atoms with Gasteiger partial charge in [0.2, 0.25) is 0 Å². The van der Waals surface area contributed by atoms with Gasteiger partial charge in [-0.1, -0.05) is 11.8 Å². The number of carbonyl (C=O) groups is 1. The quantitative estimate of drug-likeness (QED) is 0.374. The van der Waals surface area contributed by atoms with Crippen LogP contribution in [0.4, 0.5) is 5.82 Å². The molecule has 1 rings (SSSR count). The summed E-state index contributed by atoms with van der Waals surface area (Å²) in [7, 11) is 1.77. The molecule has 1 aromatic rings. The first kappa shape index (κ1) is 13.5. The highest BCUT2D eigenvalue weighted by atomic mass is 32.2. The van der Waals surface area contributed by atoms with Crippen molar-refractivity contribution in [1.29, 1.82) is 0 Å². The molecule has 0 unspecified atom stereocenters. The van der Waals surface area contributed by atoms with Crippen LogP contribution in [-0.2, 0) is 9.53 Å². The Bertz CT molecular complexity index is 421. The molecule has 0 aliphatic rings. The monoisotopic (exact) mass is 253 g/mol. The van der Waals surface area contributed by atoms with Crippen molar-refractivity contribution in [1.82, 2.24) is 9.97 Å². The number of rotatable bonds is 5. The lowest BCUT2D eigenvalue weighted by molar-refractivity contribution is -0.137. The molecule has 92 valence electrons. The van der Waals surface area contributed by atoms with Crippen molar-refractivity contribution in [2.75, 3.05) is 25.2 Å². The third kappa shape index (κ3) is 4.07. The lowest BCUT2D eigenvalue weighted by Crippen LogP contribution is -2.01. The van der Waals surface area contributed by atoms with Crippen molar-refractivity contribution in [3.63, 3.8) is 0 Å². The van der Waals surface area contributed by atoms with Crippen LogP contribution < -0.4 is 5.32 Å². The second-order valence-corrected chi connectivity index (χ2v) is 3.77. The minimum atomic E-state index is -0.372. The highest BCUT2D eigenvalue weighted by molar-refractivity contribution is 7.98. The normalized spacial score (nSPS) is 10.5. The molecule has 17 heavy (non-hydrogen) atoms. The van der Waals surface area contributed by atoms with Gasteiger partial charge in [-0.3, -0.25) is 0 Å². The van der Waals surface area contributed by atoms with Crippen LogP contribution in [-0.4, -0.2) is 35.8 Å². The summed E-state index contributed by atoms with van der Waals surface area (Å²) in [6.07, 6.45) is 6.57. The number of carbonyl (C=O) groups excluding carboxylic acids is 1. The number of nitrogens with zero attached hydrogens (tertiary/aromatic N) is 2. The third-order valence-electron chi connectivity index (χ3n) is 1.90. The number of thioether (sulfide) groups is 1. The second-order valence-electron chi connectivity index (χ2n) is 3.00. The van der Waals surface area contributed by atoms with Gasteiger partial charge in [-0.25, -0.2) is 14.8 Å². The molecule has 5 nitrogen and oxygen atoms in total. The highest BCUT2D eigenvalue weighted by Crippen LogP contribution is 2.17. The average Bonchev–Trinajstić information content (AvgIpc) is 2.36. The molecule has 1 aromatic heterocycles. The molecule has 0 spiro atoms. The molecule has 0 atom stereocenters. The summed E-state index contributed by atoms with van der Waals surface area (Å²) in [6, 6.07) is 0. The van der Waals surface area contributed by atoms with Crippen LogP contribution in [0.1, 0.15) is 12.5 Å². The summed E-state index contributed by atoms with van der Waals surface area (Å²) >= 11 is 1.46. The minimum absolute atomic E-state index is 0.365. The van der Waals surface area contributed by atoms with E-state index in [4.69, 9.17) is 4.74 Å². The summed E-state index contributed by atoms with van der Waals surface area (Å²) in [5, 5.41) is 3.64. The molecule has 1 N–H and O–H groups in total. The van der Waals surface area contributed by atoms with Crippen molar-refractivity contribution in [2.24, 2.45) is 0 Å². The van der Waals surface area contributed by atoms with Crippen molar-refractivity contribution in [3.05, 3.63) is 17.8 Å². The zero-order chi connectivity index (χ0) is 12.7. The molecule has 0 aromatic carbocycles. The van der Waals surface area contributed by atoms with Crippen LogP contribution in [0.5, 0.6) is 0 Å². The molecule has 0 amide bonds. The zero-order valence-electron chi connectivity index (χ0n) is 10.1. The van der Waals surface area contributed by atoms with E-state index in [0.717, 1.165) is 5.56 Å².